The van der Waals surface area contributed by atoms with Gasteiger partial charge in [0.25, 0.3) is 5.91 Å². The quantitative estimate of drug-likeness (QED) is 0.852. The molecule has 1 atom stereocenters. The van der Waals surface area contributed by atoms with Crippen LogP contribution in [0.3, 0.4) is 0 Å². The lowest BCUT2D eigenvalue weighted by Gasteiger charge is -2.26. The Morgan fingerprint density at radius 3 is 2.90 bits per heavy atom. The van der Waals surface area contributed by atoms with Gasteiger partial charge in [0, 0.05) is 25.3 Å². The SMILES string of the molecule is O=C(c1ccncc1O)N(CC1CC1)CC1CCCN1. The van der Waals surface area contributed by atoms with Crippen molar-refractivity contribution in [3.8, 4) is 5.75 Å². The highest BCUT2D eigenvalue weighted by molar-refractivity contribution is 5.96. The first-order chi connectivity index (χ1) is 9.74. The monoisotopic (exact) mass is 275 g/mol. The van der Waals surface area contributed by atoms with Crippen LogP contribution >= 0.6 is 0 Å². The van der Waals surface area contributed by atoms with Crippen molar-refractivity contribution in [2.24, 2.45) is 5.92 Å². The molecule has 1 saturated carbocycles. The van der Waals surface area contributed by atoms with Gasteiger partial charge in [0.2, 0.25) is 0 Å². The van der Waals surface area contributed by atoms with Crippen molar-refractivity contribution < 1.29 is 9.90 Å². The first-order valence-corrected chi connectivity index (χ1v) is 7.39. The Morgan fingerprint density at radius 1 is 1.40 bits per heavy atom. The van der Waals surface area contributed by atoms with E-state index in [0.717, 1.165) is 26.1 Å². The molecule has 0 aromatic carbocycles. The standard InChI is InChI=1S/C15H21N3O2/c19-14-8-16-7-5-13(14)15(20)18(9-11-3-4-11)10-12-2-1-6-17-12/h5,7-8,11-12,17,19H,1-4,6,9-10H2. The second-order valence-electron chi connectivity index (χ2n) is 5.84. The second-order valence-corrected chi connectivity index (χ2v) is 5.84. The van der Waals surface area contributed by atoms with E-state index in [0.29, 0.717) is 17.5 Å². The number of hydrogen-bond acceptors (Lipinski definition) is 4. The Labute approximate surface area is 119 Å². The molecule has 2 fully saturated rings. The summed E-state index contributed by atoms with van der Waals surface area (Å²) in [5, 5.41) is 13.2. The molecule has 1 unspecified atom stereocenters. The van der Waals surface area contributed by atoms with Crippen molar-refractivity contribution in [2.45, 2.75) is 31.7 Å². The maximum Gasteiger partial charge on any atom is 0.257 e. The lowest BCUT2D eigenvalue weighted by Crippen LogP contribution is -2.42. The van der Waals surface area contributed by atoms with E-state index >= 15 is 0 Å². The van der Waals surface area contributed by atoms with Crippen molar-refractivity contribution in [2.75, 3.05) is 19.6 Å². The zero-order valence-corrected chi connectivity index (χ0v) is 11.6. The highest BCUT2D eigenvalue weighted by Gasteiger charge is 2.30. The molecule has 2 N–H and O–H groups in total. The molecule has 5 nitrogen and oxygen atoms in total. The smallest absolute Gasteiger partial charge is 0.257 e. The van der Waals surface area contributed by atoms with Crippen LogP contribution in [0.15, 0.2) is 18.5 Å². The third-order valence-corrected chi connectivity index (χ3v) is 4.10. The Hall–Kier alpha value is -1.62. The molecule has 1 saturated heterocycles. The van der Waals surface area contributed by atoms with E-state index in [1.54, 1.807) is 12.3 Å². The van der Waals surface area contributed by atoms with Gasteiger partial charge in [-0.25, -0.2) is 0 Å². The van der Waals surface area contributed by atoms with Crippen LogP contribution in [0.2, 0.25) is 0 Å². The van der Waals surface area contributed by atoms with Crippen LogP contribution < -0.4 is 5.32 Å². The van der Waals surface area contributed by atoms with Gasteiger partial charge in [0.1, 0.15) is 5.75 Å². The summed E-state index contributed by atoms with van der Waals surface area (Å²) >= 11 is 0. The van der Waals surface area contributed by atoms with Crippen LogP contribution in [-0.4, -0.2) is 46.6 Å². The third-order valence-electron chi connectivity index (χ3n) is 4.10. The third kappa shape index (κ3) is 3.10. The average molecular weight is 275 g/mol. The number of pyridine rings is 1. The molecule has 108 valence electrons. The summed E-state index contributed by atoms with van der Waals surface area (Å²) in [5.74, 6) is 0.535. The summed E-state index contributed by atoms with van der Waals surface area (Å²) in [5.41, 5.74) is 0.360. The first-order valence-electron chi connectivity index (χ1n) is 7.39. The Balaban J connectivity index is 1.73. The average Bonchev–Trinajstić information content (AvgIpc) is 3.11. The molecule has 20 heavy (non-hydrogen) atoms. The Bertz CT molecular complexity index is 482. The zero-order chi connectivity index (χ0) is 13.9. The van der Waals surface area contributed by atoms with Crippen molar-refractivity contribution in [3.05, 3.63) is 24.0 Å². The molecule has 2 heterocycles. The summed E-state index contributed by atoms with van der Waals surface area (Å²) in [6, 6.07) is 1.99. The molecular weight excluding hydrogens is 254 g/mol. The fourth-order valence-corrected chi connectivity index (χ4v) is 2.77. The van der Waals surface area contributed by atoms with Crippen LogP contribution in [0.1, 0.15) is 36.0 Å². The van der Waals surface area contributed by atoms with Gasteiger partial charge >= 0.3 is 0 Å². The number of aromatic hydroxyl groups is 1. The van der Waals surface area contributed by atoms with E-state index in [4.69, 9.17) is 0 Å². The molecule has 0 spiro atoms. The number of amides is 1. The molecular formula is C15H21N3O2. The lowest BCUT2D eigenvalue weighted by atomic mass is 10.1. The summed E-state index contributed by atoms with van der Waals surface area (Å²) in [6.07, 6.45) is 7.61. The molecule has 0 bridgehead atoms. The number of aromatic nitrogens is 1. The van der Waals surface area contributed by atoms with Gasteiger partial charge < -0.3 is 15.3 Å². The van der Waals surface area contributed by atoms with Crippen molar-refractivity contribution >= 4 is 5.91 Å². The van der Waals surface area contributed by atoms with Gasteiger partial charge in [0.15, 0.2) is 0 Å². The van der Waals surface area contributed by atoms with Crippen LogP contribution in [0, 0.1) is 5.92 Å². The molecule has 1 aromatic heterocycles. The van der Waals surface area contributed by atoms with Gasteiger partial charge in [-0.2, -0.15) is 0 Å². The van der Waals surface area contributed by atoms with Crippen molar-refractivity contribution in [1.82, 2.24) is 15.2 Å². The highest BCUT2D eigenvalue weighted by atomic mass is 16.3. The van der Waals surface area contributed by atoms with Gasteiger partial charge in [0.05, 0.1) is 11.8 Å². The van der Waals surface area contributed by atoms with Gasteiger partial charge in [-0.05, 0) is 44.2 Å². The predicted molar refractivity (Wildman–Crippen MR) is 75.6 cm³/mol. The Morgan fingerprint density at radius 2 is 2.25 bits per heavy atom. The van der Waals surface area contributed by atoms with E-state index in [1.807, 2.05) is 4.90 Å². The molecule has 1 aliphatic heterocycles. The fraction of sp³-hybridized carbons (Fsp3) is 0.600. The number of hydrogen-bond donors (Lipinski definition) is 2. The maximum absolute atomic E-state index is 12.6. The summed E-state index contributed by atoms with van der Waals surface area (Å²) in [4.78, 5) is 18.4. The van der Waals surface area contributed by atoms with Crippen LogP contribution in [0.5, 0.6) is 5.75 Å². The largest absolute Gasteiger partial charge is 0.505 e. The minimum atomic E-state index is -0.0782. The van der Waals surface area contributed by atoms with Gasteiger partial charge in [-0.1, -0.05) is 0 Å². The van der Waals surface area contributed by atoms with Crippen molar-refractivity contribution in [1.29, 1.82) is 0 Å². The topological polar surface area (TPSA) is 65.5 Å². The number of rotatable bonds is 5. The van der Waals surface area contributed by atoms with Crippen molar-refractivity contribution in [3.63, 3.8) is 0 Å². The maximum atomic E-state index is 12.6. The number of carbonyl (C=O) groups excluding carboxylic acids is 1. The number of nitrogens with one attached hydrogen (secondary N) is 1. The first kappa shape index (κ1) is 13.4. The van der Waals surface area contributed by atoms with Crippen LogP contribution in [0.4, 0.5) is 0 Å². The van der Waals surface area contributed by atoms with Crippen LogP contribution in [-0.2, 0) is 0 Å². The highest BCUT2D eigenvalue weighted by Crippen LogP contribution is 2.31. The minimum absolute atomic E-state index is 0.0299. The van der Waals surface area contributed by atoms with E-state index in [2.05, 4.69) is 10.3 Å². The second kappa shape index (κ2) is 5.79. The minimum Gasteiger partial charge on any atom is -0.505 e. The molecule has 0 radical (unpaired) electrons. The number of carbonyl (C=O) groups is 1. The summed E-state index contributed by atoms with van der Waals surface area (Å²) < 4.78 is 0. The van der Waals surface area contributed by atoms with E-state index in [1.165, 1.54) is 25.5 Å². The molecule has 3 rings (SSSR count). The molecule has 5 heteroatoms. The van der Waals surface area contributed by atoms with Gasteiger partial charge in [-0.3, -0.25) is 9.78 Å². The van der Waals surface area contributed by atoms with Crippen LogP contribution in [0.25, 0.3) is 0 Å². The predicted octanol–water partition coefficient (Wildman–Crippen LogP) is 1.39. The van der Waals surface area contributed by atoms with Gasteiger partial charge in [-0.15, -0.1) is 0 Å². The Kier molecular flexibility index (Phi) is 3.87. The normalized spacial score (nSPS) is 21.9. The van der Waals surface area contributed by atoms with E-state index in [9.17, 15) is 9.90 Å². The zero-order valence-electron chi connectivity index (χ0n) is 11.6. The summed E-state index contributed by atoms with van der Waals surface area (Å²) in [7, 11) is 0. The lowest BCUT2D eigenvalue weighted by molar-refractivity contribution is 0.0730. The fourth-order valence-electron chi connectivity index (χ4n) is 2.77. The molecule has 1 aliphatic carbocycles. The molecule has 1 amide bonds. The van der Waals surface area contributed by atoms with E-state index < -0.39 is 0 Å². The van der Waals surface area contributed by atoms with E-state index in [-0.39, 0.29) is 11.7 Å². The summed E-state index contributed by atoms with van der Waals surface area (Å²) in [6.45, 7) is 2.58. The molecule has 1 aromatic rings. The molecule has 2 aliphatic rings. The number of nitrogens with zero attached hydrogens (tertiary/aromatic N) is 2.